The number of benzene rings is 1. The van der Waals surface area contributed by atoms with Crippen molar-refractivity contribution in [1.29, 1.82) is 0 Å². The van der Waals surface area contributed by atoms with Crippen molar-refractivity contribution >= 4 is 0 Å². The van der Waals surface area contributed by atoms with Crippen molar-refractivity contribution in [1.82, 2.24) is 9.55 Å². The molecule has 0 saturated carbocycles. The van der Waals surface area contributed by atoms with E-state index in [2.05, 4.69) is 24.9 Å². The third kappa shape index (κ3) is 2.62. The first-order valence-corrected chi connectivity index (χ1v) is 6.30. The highest BCUT2D eigenvalue weighted by molar-refractivity contribution is 5.34. The van der Waals surface area contributed by atoms with Crippen molar-refractivity contribution < 1.29 is 5.11 Å². The van der Waals surface area contributed by atoms with E-state index < -0.39 is 6.10 Å². The van der Waals surface area contributed by atoms with Gasteiger partial charge in [0.25, 0.3) is 0 Å². The van der Waals surface area contributed by atoms with E-state index in [1.165, 1.54) is 11.1 Å². The summed E-state index contributed by atoms with van der Waals surface area (Å²) in [6.45, 7) is 4.14. The molecule has 1 heterocycles. The number of aliphatic hydroxyl groups is 1. The molecular weight excluding hydrogens is 224 g/mol. The van der Waals surface area contributed by atoms with Crippen molar-refractivity contribution in [2.75, 3.05) is 0 Å². The first kappa shape index (κ1) is 12.8. The fraction of sp³-hybridized carbons (Fsp3) is 0.400. The van der Waals surface area contributed by atoms with Crippen LogP contribution in [0.3, 0.4) is 0 Å². The zero-order chi connectivity index (χ0) is 13.1. The lowest BCUT2D eigenvalue weighted by Crippen LogP contribution is -2.05. The van der Waals surface area contributed by atoms with Gasteiger partial charge >= 0.3 is 0 Å². The molecule has 0 aliphatic carbocycles. The third-order valence-electron chi connectivity index (χ3n) is 3.57. The van der Waals surface area contributed by atoms with Crippen LogP contribution in [0.1, 0.15) is 35.0 Å². The maximum atomic E-state index is 10.3. The summed E-state index contributed by atoms with van der Waals surface area (Å²) in [4.78, 5) is 4.27. The lowest BCUT2D eigenvalue weighted by Gasteiger charge is -2.15. The minimum atomic E-state index is -0.415. The molecule has 96 valence electrons. The van der Waals surface area contributed by atoms with E-state index in [1.807, 2.05) is 29.9 Å². The zero-order valence-electron chi connectivity index (χ0n) is 11.2. The Balaban J connectivity index is 2.06. The number of imidazole rings is 1. The Hall–Kier alpha value is -1.61. The second-order valence-corrected chi connectivity index (χ2v) is 4.80. The number of aliphatic hydroxyl groups excluding tert-OH is 1. The summed E-state index contributed by atoms with van der Waals surface area (Å²) in [7, 11) is 1.98. The molecule has 0 amide bonds. The highest BCUT2D eigenvalue weighted by Gasteiger charge is 2.12. The predicted octanol–water partition coefficient (Wildman–Crippen LogP) is 2.70. The first-order valence-electron chi connectivity index (χ1n) is 6.30. The molecule has 1 unspecified atom stereocenters. The molecule has 0 bridgehead atoms. The van der Waals surface area contributed by atoms with Crippen molar-refractivity contribution in [2.24, 2.45) is 7.05 Å². The Morgan fingerprint density at radius 1 is 1.33 bits per heavy atom. The van der Waals surface area contributed by atoms with Crippen molar-refractivity contribution in [3.8, 4) is 0 Å². The second kappa shape index (κ2) is 5.36. The van der Waals surface area contributed by atoms with Crippen LogP contribution in [0.2, 0.25) is 0 Å². The largest absolute Gasteiger partial charge is 0.388 e. The summed E-state index contributed by atoms with van der Waals surface area (Å²) in [6, 6.07) is 6.08. The van der Waals surface area contributed by atoms with Gasteiger partial charge in [0, 0.05) is 25.9 Å². The molecule has 0 aliphatic rings. The van der Waals surface area contributed by atoms with E-state index in [9.17, 15) is 5.11 Å². The Bertz CT molecular complexity index is 531. The molecule has 0 radical (unpaired) electrons. The van der Waals surface area contributed by atoms with Crippen molar-refractivity contribution in [3.05, 3.63) is 53.1 Å². The lowest BCUT2D eigenvalue weighted by atomic mass is 9.96. The minimum Gasteiger partial charge on any atom is -0.388 e. The molecule has 0 aliphatic heterocycles. The average molecular weight is 244 g/mol. The molecule has 0 saturated heterocycles. The van der Waals surface area contributed by atoms with Gasteiger partial charge in [-0.3, -0.25) is 0 Å². The quantitative estimate of drug-likeness (QED) is 0.898. The van der Waals surface area contributed by atoms with Crippen LogP contribution < -0.4 is 0 Å². The maximum Gasteiger partial charge on any atom is 0.108 e. The van der Waals surface area contributed by atoms with Crippen molar-refractivity contribution in [2.45, 2.75) is 32.8 Å². The molecule has 1 aromatic heterocycles. The van der Waals surface area contributed by atoms with Gasteiger partial charge in [0.05, 0.1) is 6.10 Å². The molecular formula is C15H20N2O. The molecule has 1 N–H and O–H groups in total. The van der Waals surface area contributed by atoms with Gasteiger partial charge in [-0.2, -0.15) is 0 Å². The van der Waals surface area contributed by atoms with Gasteiger partial charge in [0.1, 0.15) is 5.82 Å². The number of aromatic nitrogens is 2. The molecule has 0 fully saturated rings. The van der Waals surface area contributed by atoms with Crippen molar-refractivity contribution in [3.63, 3.8) is 0 Å². The summed E-state index contributed by atoms with van der Waals surface area (Å²) in [5, 5.41) is 10.3. The highest BCUT2D eigenvalue weighted by Crippen LogP contribution is 2.23. The van der Waals surface area contributed by atoms with Crippen LogP contribution in [0.25, 0.3) is 0 Å². The predicted molar refractivity (Wildman–Crippen MR) is 72.4 cm³/mol. The Morgan fingerprint density at radius 3 is 2.78 bits per heavy atom. The Morgan fingerprint density at radius 2 is 2.11 bits per heavy atom. The smallest absolute Gasteiger partial charge is 0.108 e. The lowest BCUT2D eigenvalue weighted by molar-refractivity contribution is 0.166. The van der Waals surface area contributed by atoms with E-state index >= 15 is 0 Å². The normalized spacial score (nSPS) is 12.7. The van der Waals surface area contributed by atoms with Crippen LogP contribution in [0.15, 0.2) is 30.6 Å². The van der Waals surface area contributed by atoms with Crippen LogP contribution in [0, 0.1) is 13.8 Å². The standard InChI is InChI=1S/C15H20N2O/c1-11-5-4-6-13(12(11)2)14(18)7-8-15-16-9-10-17(15)3/h4-6,9-10,14,18H,7-8H2,1-3H3. The molecule has 3 nitrogen and oxygen atoms in total. The minimum absolute atomic E-state index is 0.415. The fourth-order valence-electron chi connectivity index (χ4n) is 2.19. The number of rotatable bonds is 4. The van der Waals surface area contributed by atoms with Crippen LogP contribution in [0.5, 0.6) is 0 Å². The summed E-state index contributed by atoms with van der Waals surface area (Å²) < 4.78 is 2.00. The van der Waals surface area contributed by atoms with Gasteiger partial charge < -0.3 is 9.67 Å². The third-order valence-corrected chi connectivity index (χ3v) is 3.57. The Kier molecular flexibility index (Phi) is 3.82. The molecule has 18 heavy (non-hydrogen) atoms. The van der Waals surface area contributed by atoms with Gasteiger partial charge in [0.15, 0.2) is 0 Å². The van der Waals surface area contributed by atoms with Crippen LogP contribution in [-0.4, -0.2) is 14.7 Å². The Labute approximate surface area is 108 Å². The second-order valence-electron chi connectivity index (χ2n) is 4.80. The maximum absolute atomic E-state index is 10.3. The van der Waals surface area contributed by atoms with Gasteiger partial charge in [-0.1, -0.05) is 18.2 Å². The number of hydrogen-bond donors (Lipinski definition) is 1. The monoisotopic (exact) mass is 244 g/mol. The van der Waals surface area contributed by atoms with Crippen LogP contribution in [0.4, 0.5) is 0 Å². The molecule has 2 rings (SSSR count). The molecule has 2 aromatic rings. The number of nitrogens with zero attached hydrogens (tertiary/aromatic N) is 2. The topological polar surface area (TPSA) is 38.1 Å². The summed E-state index contributed by atoms with van der Waals surface area (Å²) >= 11 is 0. The van der Waals surface area contributed by atoms with E-state index in [0.717, 1.165) is 17.8 Å². The first-order chi connectivity index (χ1) is 8.59. The van der Waals surface area contributed by atoms with E-state index in [4.69, 9.17) is 0 Å². The van der Waals surface area contributed by atoms with Gasteiger partial charge in [-0.25, -0.2) is 4.98 Å². The fourth-order valence-corrected chi connectivity index (χ4v) is 2.19. The van der Waals surface area contributed by atoms with Gasteiger partial charge in [-0.15, -0.1) is 0 Å². The van der Waals surface area contributed by atoms with E-state index in [1.54, 1.807) is 6.20 Å². The molecule has 0 spiro atoms. The summed E-state index contributed by atoms with van der Waals surface area (Å²) in [5.74, 6) is 1.01. The molecule has 1 atom stereocenters. The summed E-state index contributed by atoms with van der Waals surface area (Å²) in [5.41, 5.74) is 3.44. The van der Waals surface area contributed by atoms with Crippen LogP contribution >= 0.6 is 0 Å². The summed E-state index contributed by atoms with van der Waals surface area (Å²) in [6.07, 6.45) is 4.80. The number of aryl methyl sites for hydroxylation is 3. The van der Waals surface area contributed by atoms with Crippen LogP contribution in [-0.2, 0) is 13.5 Å². The zero-order valence-corrected chi connectivity index (χ0v) is 11.2. The SMILES string of the molecule is Cc1cccc(C(O)CCc2nccn2C)c1C. The number of hydrogen-bond acceptors (Lipinski definition) is 2. The van der Waals surface area contributed by atoms with Gasteiger partial charge in [-0.05, 0) is 37.0 Å². The highest BCUT2D eigenvalue weighted by atomic mass is 16.3. The molecule has 1 aromatic carbocycles. The molecule has 3 heteroatoms. The average Bonchev–Trinajstić information content (AvgIpc) is 2.75. The van der Waals surface area contributed by atoms with E-state index in [0.29, 0.717) is 6.42 Å². The van der Waals surface area contributed by atoms with E-state index in [-0.39, 0.29) is 0 Å². The van der Waals surface area contributed by atoms with Gasteiger partial charge in [0.2, 0.25) is 0 Å².